The molecule has 9 rings (SSSR count). The second-order valence-corrected chi connectivity index (χ2v) is 11.1. The van der Waals surface area contributed by atoms with E-state index in [0.717, 1.165) is 66.3 Å². The maximum atomic E-state index is 5.96. The van der Waals surface area contributed by atoms with Gasteiger partial charge in [-0.05, 0) is 103 Å². The van der Waals surface area contributed by atoms with Crippen molar-refractivity contribution in [3.05, 3.63) is 0 Å². The van der Waals surface area contributed by atoms with Crippen molar-refractivity contribution in [2.45, 2.75) is 57.8 Å². The second kappa shape index (κ2) is 3.70. The molecule has 0 aromatic rings. The highest BCUT2D eigenvalue weighted by atomic mass is 16.5. The zero-order valence-corrected chi connectivity index (χ0v) is 14.3. The van der Waals surface area contributed by atoms with Crippen LogP contribution in [0, 0.1) is 45.3 Å². The quantitative estimate of drug-likeness (QED) is 0.672. The van der Waals surface area contributed by atoms with Gasteiger partial charge < -0.3 is 9.47 Å². The van der Waals surface area contributed by atoms with Crippen LogP contribution in [0.5, 0.6) is 0 Å². The van der Waals surface area contributed by atoms with Gasteiger partial charge in [0.1, 0.15) is 0 Å². The number of rotatable bonds is 0. The smallest absolute Gasteiger partial charge is 0.0503 e. The summed E-state index contributed by atoms with van der Waals surface area (Å²) in [5, 5.41) is 0. The minimum Gasteiger partial charge on any atom is -0.381 e. The lowest BCUT2D eigenvalue weighted by atomic mass is 9.56. The summed E-state index contributed by atoms with van der Waals surface area (Å²) in [7, 11) is 0. The minimum absolute atomic E-state index is 0.715. The van der Waals surface area contributed by atoms with Crippen LogP contribution in [-0.2, 0) is 9.47 Å². The molecular formula is C21H30O2. The third kappa shape index (κ3) is 1.27. The molecule has 6 unspecified atom stereocenters. The summed E-state index contributed by atoms with van der Waals surface area (Å²) >= 11 is 0. The molecule has 2 nitrogen and oxygen atoms in total. The average Bonchev–Trinajstić information content (AvgIpc) is 3.28. The summed E-state index contributed by atoms with van der Waals surface area (Å²) in [4.78, 5) is 0. The van der Waals surface area contributed by atoms with Crippen LogP contribution in [0.15, 0.2) is 0 Å². The van der Waals surface area contributed by atoms with Crippen LogP contribution in [0.25, 0.3) is 0 Å². The van der Waals surface area contributed by atoms with Gasteiger partial charge in [0.25, 0.3) is 0 Å². The van der Waals surface area contributed by atoms with E-state index in [9.17, 15) is 0 Å². The summed E-state index contributed by atoms with van der Waals surface area (Å²) in [6.45, 7) is 4.36. The largest absolute Gasteiger partial charge is 0.381 e. The fourth-order valence-corrected chi connectivity index (χ4v) is 10.0. The third-order valence-electron chi connectivity index (χ3n) is 10.6. The van der Waals surface area contributed by atoms with Crippen LogP contribution in [0.4, 0.5) is 0 Å². The molecule has 2 saturated heterocycles. The van der Waals surface area contributed by atoms with E-state index in [1.807, 2.05) is 0 Å². The Kier molecular flexibility index (Phi) is 2.12. The first kappa shape index (κ1) is 13.2. The zero-order valence-electron chi connectivity index (χ0n) is 14.3. The molecular weight excluding hydrogens is 284 g/mol. The van der Waals surface area contributed by atoms with Crippen molar-refractivity contribution in [3.63, 3.8) is 0 Å². The van der Waals surface area contributed by atoms with Gasteiger partial charge in [-0.1, -0.05) is 0 Å². The molecule has 7 saturated carbocycles. The molecule has 0 aromatic heterocycles. The Balaban J connectivity index is 1.22. The van der Waals surface area contributed by atoms with Gasteiger partial charge in [0, 0.05) is 13.2 Å². The van der Waals surface area contributed by atoms with Crippen LogP contribution in [0.2, 0.25) is 0 Å². The normalized spacial score (nSPS) is 67.8. The van der Waals surface area contributed by atoms with E-state index in [1.54, 1.807) is 38.5 Å². The van der Waals surface area contributed by atoms with E-state index in [0.29, 0.717) is 5.41 Å². The van der Waals surface area contributed by atoms with E-state index in [1.165, 1.54) is 19.3 Å². The highest BCUT2D eigenvalue weighted by Gasteiger charge is 2.85. The van der Waals surface area contributed by atoms with Crippen LogP contribution >= 0.6 is 0 Å². The summed E-state index contributed by atoms with van der Waals surface area (Å²) in [6, 6.07) is 0. The van der Waals surface area contributed by atoms with Crippen LogP contribution in [0.3, 0.4) is 0 Å². The van der Waals surface area contributed by atoms with Gasteiger partial charge in [-0.2, -0.15) is 0 Å². The van der Waals surface area contributed by atoms with E-state index < -0.39 is 0 Å². The lowest BCUT2D eigenvalue weighted by Crippen LogP contribution is -2.42. The molecule has 2 aliphatic heterocycles. The fourth-order valence-electron chi connectivity index (χ4n) is 10.0. The maximum Gasteiger partial charge on any atom is 0.0503 e. The van der Waals surface area contributed by atoms with Gasteiger partial charge in [-0.25, -0.2) is 0 Å². The maximum absolute atomic E-state index is 5.96. The first-order valence-electron chi connectivity index (χ1n) is 10.3. The Morgan fingerprint density at radius 3 is 2.48 bits per heavy atom. The first-order chi connectivity index (χ1) is 11.2. The summed E-state index contributed by atoms with van der Waals surface area (Å²) in [6.07, 6.45) is 14.0. The molecule has 7 aliphatic carbocycles. The average molecular weight is 314 g/mol. The lowest BCUT2D eigenvalue weighted by Gasteiger charge is -2.48. The van der Waals surface area contributed by atoms with Crippen molar-refractivity contribution >= 4 is 0 Å². The Morgan fingerprint density at radius 2 is 1.52 bits per heavy atom. The fraction of sp³-hybridized carbons (Fsp3) is 1.00. The Labute approximate surface area is 139 Å². The Bertz CT molecular complexity index is 578. The molecule has 6 atom stereocenters. The number of ether oxygens (including phenoxy) is 2. The second-order valence-electron chi connectivity index (χ2n) is 11.1. The standard InChI is InChI=1S/C21H30O2/c1-2-18(5-15-7-22-6-14(1)15)3-4-20(10-18)11-19-12-21(20,13-19)17-9-23-8-16(17)19/h14-17H,1-13H2. The Morgan fingerprint density at radius 1 is 0.696 bits per heavy atom. The summed E-state index contributed by atoms with van der Waals surface area (Å²) in [5.74, 6) is 3.74. The molecule has 2 spiro atoms. The third-order valence-corrected chi connectivity index (χ3v) is 10.6. The minimum atomic E-state index is 0.715. The highest BCUT2D eigenvalue weighted by Crippen LogP contribution is 2.91. The van der Waals surface area contributed by atoms with Crippen LogP contribution < -0.4 is 0 Å². The molecule has 0 amide bonds. The van der Waals surface area contributed by atoms with Gasteiger partial charge in [0.2, 0.25) is 0 Å². The van der Waals surface area contributed by atoms with Gasteiger partial charge >= 0.3 is 0 Å². The SMILES string of the molecule is C1CC2(CCC3(C2)CC24CC3(C2)C2COCC24)CC2COCC12. The van der Waals surface area contributed by atoms with Gasteiger partial charge in [0.15, 0.2) is 0 Å². The summed E-state index contributed by atoms with van der Waals surface area (Å²) < 4.78 is 11.8. The van der Waals surface area contributed by atoms with Gasteiger partial charge in [-0.15, -0.1) is 0 Å². The number of fused-ring (bicyclic) bond motifs is 1. The van der Waals surface area contributed by atoms with Crippen molar-refractivity contribution in [2.24, 2.45) is 45.3 Å². The molecule has 2 bridgehead atoms. The predicted molar refractivity (Wildman–Crippen MR) is 86.9 cm³/mol. The zero-order chi connectivity index (χ0) is 14.9. The van der Waals surface area contributed by atoms with Crippen LogP contribution in [-0.4, -0.2) is 26.4 Å². The molecule has 126 valence electrons. The first-order valence-corrected chi connectivity index (χ1v) is 10.3. The predicted octanol–water partition coefficient (Wildman–Crippen LogP) is 4.04. The van der Waals surface area contributed by atoms with Crippen molar-refractivity contribution < 1.29 is 9.47 Å². The van der Waals surface area contributed by atoms with Crippen molar-refractivity contribution in [1.82, 2.24) is 0 Å². The molecule has 2 heteroatoms. The molecule has 0 N–H and O–H groups in total. The van der Waals surface area contributed by atoms with Gasteiger partial charge in [-0.3, -0.25) is 0 Å². The Hall–Kier alpha value is -0.0800. The van der Waals surface area contributed by atoms with E-state index in [2.05, 4.69) is 0 Å². The highest BCUT2D eigenvalue weighted by molar-refractivity contribution is 5.33. The monoisotopic (exact) mass is 314 g/mol. The molecule has 0 radical (unpaired) electrons. The lowest BCUT2D eigenvalue weighted by molar-refractivity contribution is -0.0160. The topological polar surface area (TPSA) is 18.5 Å². The number of hydrogen-bond donors (Lipinski definition) is 0. The van der Waals surface area contributed by atoms with E-state index >= 15 is 0 Å². The number of hydrogen-bond acceptors (Lipinski definition) is 2. The van der Waals surface area contributed by atoms with E-state index in [4.69, 9.17) is 9.47 Å². The van der Waals surface area contributed by atoms with Gasteiger partial charge in [0.05, 0.1) is 13.2 Å². The molecule has 0 aromatic carbocycles. The van der Waals surface area contributed by atoms with Crippen LogP contribution in [0.1, 0.15) is 57.8 Å². The van der Waals surface area contributed by atoms with Crippen molar-refractivity contribution in [2.75, 3.05) is 26.4 Å². The molecule has 2 heterocycles. The molecule has 9 aliphatic rings. The molecule has 23 heavy (non-hydrogen) atoms. The molecule has 9 fully saturated rings. The van der Waals surface area contributed by atoms with E-state index in [-0.39, 0.29) is 0 Å². The van der Waals surface area contributed by atoms with Crippen molar-refractivity contribution in [1.29, 1.82) is 0 Å². The summed E-state index contributed by atoms with van der Waals surface area (Å²) in [5.41, 5.74) is 2.95. The van der Waals surface area contributed by atoms with Crippen molar-refractivity contribution in [3.8, 4) is 0 Å².